The second-order valence-corrected chi connectivity index (χ2v) is 7.51. The number of fused-ring (bicyclic) bond motifs is 1. The maximum Gasteiger partial charge on any atom is 0.355 e. The topological polar surface area (TPSA) is 144 Å². The number of ether oxygens (including phenoxy) is 3. The molecular weight excluding hydrogens is 456 g/mol. The van der Waals surface area contributed by atoms with Gasteiger partial charge in [0, 0.05) is 6.92 Å². The van der Waals surface area contributed by atoms with Gasteiger partial charge in [0.15, 0.2) is 11.5 Å². The van der Waals surface area contributed by atoms with E-state index < -0.39 is 10.2 Å². The minimum Gasteiger partial charge on any atom is -0.493 e. The first-order chi connectivity index (χ1) is 15.5. The Bertz CT molecular complexity index is 1160. The van der Waals surface area contributed by atoms with Crippen molar-refractivity contribution in [1.82, 2.24) is 0 Å². The molecule has 0 amide bonds. The molecule has 0 aliphatic carbocycles. The zero-order valence-electron chi connectivity index (χ0n) is 19.4. The van der Waals surface area contributed by atoms with E-state index >= 15 is 0 Å². The summed E-state index contributed by atoms with van der Waals surface area (Å²) in [7, 11) is -1.69. The van der Waals surface area contributed by atoms with E-state index in [1.165, 1.54) is 0 Å². The van der Waals surface area contributed by atoms with Gasteiger partial charge in [-0.25, -0.2) is 18.6 Å². The lowest BCUT2D eigenvalue weighted by molar-refractivity contribution is -2.00. The highest BCUT2D eigenvalue weighted by Crippen LogP contribution is 2.36. The van der Waals surface area contributed by atoms with Crippen LogP contribution in [0.2, 0.25) is 0 Å². The number of methoxy groups -OCH3 is 2. The Hall–Kier alpha value is -2.82. The largest absolute Gasteiger partial charge is 0.493 e. The van der Waals surface area contributed by atoms with Crippen LogP contribution in [0.5, 0.6) is 17.2 Å². The Labute approximate surface area is 193 Å². The van der Waals surface area contributed by atoms with Crippen molar-refractivity contribution in [3.63, 3.8) is 0 Å². The fraction of sp³-hybridized carbons (Fsp3) is 0.348. The van der Waals surface area contributed by atoms with Gasteiger partial charge in [0.25, 0.3) is 6.61 Å². The smallest absolute Gasteiger partial charge is 0.355 e. The van der Waals surface area contributed by atoms with Crippen LogP contribution in [0.15, 0.2) is 39.2 Å². The lowest BCUT2D eigenvalue weighted by atomic mass is 10.1. The number of aryl methyl sites for hydroxylation is 2. The second-order valence-electron chi connectivity index (χ2n) is 6.75. The van der Waals surface area contributed by atoms with Gasteiger partial charge in [-0.3, -0.25) is 4.42 Å². The lowest BCUT2D eigenvalue weighted by Gasteiger charge is -2.17. The van der Waals surface area contributed by atoms with Gasteiger partial charge in [-0.2, -0.15) is 0 Å². The predicted octanol–water partition coefficient (Wildman–Crippen LogP) is 0.292. The van der Waals surface area contributed by atoms with E-state index in [2.05, 4.69) is 0 Å². The first kappa shape index (κ1) is 26.4. The molecular formula is C23H27ClO9. The van der Waals surface area contributed by atoms with Crippen LogP contribution in [-0.4, -0.2) is 27.4 Å². The van der Waals surface area contributed by atoms with Gasteiger partial charge in [0.05, 0.1) is 32.3 Å². The molecule has 0 atom stereocenters. The molecule has 33 heavy (non-hydrogen) atoms. The molecule has 0 saturated heterocycles. The highest BCUT2D eigenvalue weighted by Gasteiger charge is 2.20. The summed E-state index contributed by atoms with van der Waals surface area (Å²) in [5, 5.41) is 1.88. The minimum absolute atomic E-state index is 0.554. The summed E-state index contributed by atoms with van der Waals surface area (Å²) in [6.07, 6.45) is 0. The van der Waals surface area contributed by atoms with Gasteiger partial charge in [-0.1, -0.05) is 6.07 Å². The highest BCUT2D eigenvalue weighted by molar-refractivity contribution is 5.93. The fourth-order valence-corrected chi connectivity index (χ4v) is 3.47. The van der Waals surface area contributed by atoms with E-state index in [1.54, 1.807) is 14.2 Å². The van der Waals surface area contributed by atoms with Gasteiger partial charge in [-0.15, -0.1) is 10.2 Å². The van der Waals surface area contributed by atoms with Gasteiger partial charge in [-0.05, 0) is 50.1 Å². The Morgan fingerprint density at radius 1 is 0.818 bits per heavy atom. The molecule has 0 spiro atoms. The monoisotopic (exact) mass is 482 g/mol. The van der Waals surface area contributed by atoms with E-state index in [0.717, 1.165) is 44.6 Å². The zero-order valence-corrected chi connectivity index (χ0v) is 20.1. The van der Waals surface area contributed by atoms with Crippen molar-refractivity contribution in [2.75, 3.05) is 27.4 Å². The van der Waals surface area contributed by atoms with Crippen LogP contribution >= 0.6 is 0 Å². The predicted molar refractivity (Wildman–Crippen MR) is 112 cm³/mol. The standard InChI is InChI=1S/C23H27O5.ClHO4/c1-7-26-20-12-17(16-9-10-18(24-5)19(11-16)25-6)13-21(27-8-2)23-15(4)28-14(3)22(20)23;2-1(3,4)5/h9-13H,7-8H2,1-6H3;(H,2,3,4,5)/q+1;/p-1. The number of hydrogen-bond acceptors (Lipinski definition) is 8. The second kappa shape index (κ2) is 11.4. The number of rotatable bonds is 6. The van der Waals surface area contributed by atoms with Crippen molar-refractivity contribution in [1.29, 1.82) is 0 Å². The first-order valence-electron chi connectivity index (χ1n) is 10.0. The van der Waals surface area contributed by atoms with Crippen LogP contribution in [0.1, 0.15) is 25.4 Å². The third kappa shape index (κ3) is 6.83. The number of furan rings is 1. The Morgan fingerprint density at radius 2 is 1.39 bits per heavy atom. The summed E-state index contributed by atoms with van der Waals surface area (Å²) in [4.78, 5) is 0. The average Bonchev–Trinajstić information content (AvgIpc) is 2.93. The molecule has 1 aromatic heterocycles. The number of hydrogen-bond donors (Lipinski definition) is 0. The SMILES string of the molecule is CCOc1cc(-c2ccc(OC)c(OC)c2)cc(=[O+]CC)c2c(C)oc(C)c12.[O-][Cl+3]([O-])([O-])[O-]. The molecule has 0 unspecified atom stereocenters. The minimum atomic E-state index is -4.94. The first-order valence-corrected chi connectivity index (χ1v) is 11.3. The Morgan fingerprint density at radius 3 is 1.94 bits per heavy atom. The Balaban J connectivity index is 0.000000696. The van der Waals surface area contributed by atoms with E-state index in [1.807, 2.05) is 58.0 Å². The van der Waals surface area contributed by atoms with Gasteiger partial charge >= 0.3 is 5.43 Å². The van der Waals surface area contributed by atoms with E-state index in [9.17, 15) is 0 Å². The quantitative estimate of drug-likeness (QED) is 0.456. The van der Waals surface area contributed by atoms with Crippen molar-refractivity contribution in [2.45, 2.75) is 27.7 Å². The molecule has 10 heteroatoms. The summed E-state index contributed by atoms with van der Waals surface area (Å²) in [5.74, 6) is 3.75. The van der Waals surface area contributed by atoms with Crippen LogP contribution in [0.4, 0.5) is 0 Å². The third-order valence-corrected chi connectivity index (χ3v) is 4.64. The molecule has 1 heterocycles. The summed E-state index contributed by atoms with van der Waals surface area (Å²) in [6.45, 7) is 8.95. The zero-order chi connectivity index (χ0) is 24.8. The molecule has 3 rings (SSSR count). The molecule has 0 N–H and O–H groups in total. The molecule has 180 valence electrons. The molecule has 0 aliphatic heterocycles. The normalized spacial score (nSPS) is 11.8. The van der Waals surface area contributed by atoms with Crippen molar-refractivity contribution < 1.29 is 47.5 Å². The van der Waals surface area contributed by atoms with Crippen molar-refractivity contribution in [3.8, 4) is 28.4 Å². The molecule has 0 radical (unpaired) electrons. The van der Waals surface area contributed by atoms with Crippen molar-refractivity contribution in [3.05, 3.63) is 51.7 Å². The van der Waals surface area contributed by atoms with Crippen molar-refractivity contribution >= 4 is 10.8 Å². The molecule has 0 fully saturated rings. The summed E-state index contributed by atoms with van der Waals surface area (Å²) < 4.78 is 62.7. The van der Waals surface area contributed by atoms with Gasteiger partial charge < -0.3 is 18.6 Å². The summed E-state index contributed by atoms with van der Waals surface area (Å²) in [6, 6.07) is 9.90. The average molecular weight is 483 g/mol. The molecule has 2 aromatic carbocycles. The maximum atomic E-state index is 8.49. The van der Waals surface area contributed by atoms with Gasteiger partial charge in [0.1, 0.15) is 22.7 Å². The molecule has 3 aromatic rings. The van der Waals surface area contributed by atoms with Crippen LogP contribution < -0.4 is 38.3 Å². The molecule has 0 saturated carbocycles. The summed E-state index contributed by atoms with van der Waals surface area (Å²) in [5.41, 5.74) is 2.70. The van der Waals surface area contributed by atoms with Crippen molar-refractivity contribution in [2.24, 2.45) is 0 Å². The molecule has 0 aliphatic rings. The Kier molecular flexibility index (Phi) is 9.09. The van der Waals surface area contributed by atoms with E-state index in [-0.39, 0.29) is 0 Å². The molecule has 0 bridgehead atoms. The lowest BCUT2D eigenvalue weighted by Crippen LogP contribution is -2.68. The van der Waals surface area contributed by atoms with E-state index in [0.29, 0.717) is 24.7 Å². The van der Waals surface area contributed by atoms with E-state index in [4.69, 9.17) is 41.7 Å². The fourth-order valence-electron chi connectivity index (χ4n) is 3.47. The van der Waals surface area contributed by atoms with Crippen LogP contribution in [0, 0.1) is 24.1 Å². The number of benzene rings is 1. The van der Waals surface area contributed by atoms with Crippen LogP contribution in [0.25, 0.3) is 21.9 Å². The van der Waals surface area contributed by atoms with Crippen LogP contribution in [0.3, 0.4) is 0 Å². The molecule has 9 nitrogen and oxygen atoms in total. The maximum absolute atomic E-state index is 8.49. The summed E-state index contributed by atoms with van der Waals surface area (Å²) >= 11 is 0. The van der Waals surface area contributed by atoms with Gasteiger partial charge in [0.2, 0.25) is 0 Å². The number of halogens is 1. The highest BCUT2D eigenvalue weighted by atomic mass is 35.7. The van der Waals surface area contributed by atoms with Crippen LogP contribution in [-0.2, 0) is 0 Å². The third-order valence-electron chi connectivity index (χ3n) is 4.64.